The van der Waals surface area contributed by atoms with Crippen LogP contribution in [-0.4, -0.2) is 176 Å². The van der Waals surface area contributed by atoms with Crippen LogP contribution in [0.1, 0.15) is 10.4 Å². The zero-order valence-corrected chi connectivity index (χ0v) is 30.1. The molecule has 0 aliphatic carbocycles. The zero-order valence-electron chi connectivity index (χ0n) is 30.1. The molecule has 1 aromatic carbocycles. The molecule has 20 heteroatoms. The maximum atomic E-state index is 12.3. The second-order valence-electron chi connectivity index (χ2n) is 10.1. The highest BCUT2D eigenvalue weighted by atomic mass is 16.6. The van der Waals surface area contributed by atoms with Crippen LogP contribution in [0.2, 0.25) is 0 Å². The summed E-state index contributed by atoms with van der Waals surface area (Å²) in [4.78, 5) is 25.4. The number of nitrogens with zero attached hydrogens (tertiary/aromatic N) is 4. The third-order valence-electron chi connectivity index (χ3n) is 6.27. The van der Waals surface area contributed by atoms with Crippen LogP contribution in [-0.2, 0) is 56.8 Å². The summed E-state index contributed by atoms with van der Waals surface area (Å²) >= 11 is 0. The first-order valence-corrected chi connectivity index (χ1v) is 17.1. The van der Waals surface area contributed by atoms with Crippen molar-refractivity contribution in [2.24, 2.45) is 5.11 Å². The van der Waals surface area contributed by atoms with E-state index in [1.807, 2.05) is 0 Å². The largest absolute Gasteiger partial charge is 0.382 e. The Hall–Kier alpha value is -3.08. The van der Waals surface area contributed by atoms with Crippen LogP contribution < -0.4 is 5.32 Å². The molecule has 0 saturated carbocycles. The maximum Gasteiger partial charge on any atom is 0.282 e. The van der Waals surface area contributed by atoms with Crippen LogP contribution in [0.15, 0.2) is 23.3 Å². The highest BCUT2D eigenvalue weighted by molar-refractivity contribution is 5.99. The number of ether oxygens (including phenoxy) is 12. The summed E-state index contributed by atoms with van der Waals surface area (Å²) in [6.45, 7) is 10.6. The Morgan fingerprint density at radius 3 is 1.25 bits per heavy atom. The first-order valence-electron chi connectivity index (χ1n) is 17.1. The van der Waals surface area contributed by atoms with Gasteiger partial charge in [-0.25, -0.2) is 0 Å². The Balaban J connectivity index is 1.75. The molecule has 0 aliphatic rings. The number of methoxy groups -OCH3 is 1. The second kappa shape index (κ2) is 36.3. The van der Waals surface area contributed by atoms with Gasteiger partial charge in [-0.3, -0.25) is 14.9 Å². The molecule has 1 amide bonds. The van der Waals surface area contributed by atoms with Crippen LogP contribution in [0, 0.1) is 10.1 Å². The molecule has 0 aliphatic heterocycles. The van der Waals surface area contributed by atoms with E-state index >= 15 is 0 Å². The van der Waals surface area contributed by atoms with Crippen molar-refractivity contribution in [1.29, 1.82) is 0 Å². The maximum absolute atomic E-state index is 12.3. The fourth-order valence-corrected chi connectivity index (χ4v) is 3.75. The first kappa shape index (κ1) is 46.9. The Kier molecular flexibility index (Phi) is 32.8. The number of nitro benzene ring substituents is 1. The van der Waals surface area contributed by atoms with Crippen LogP contribution in [0.4, 0.5) is 11.4 Å². The number of nitro groups is 1. The number of rotatable bonds is 39. The third-order valence-corrected chi connectivity index (χ3v) is 6.27. The lowest BCUT2D eigenvalue weighted by atomic mass is 10.1. The number of azide groups is 1. The molecule has 1 rings (SSSR count). The van der Waals surface area contributed by atoms with E-state index in [0.29, 0.717) is 145 Å². The van der Waals surface area contributed by atoms with Gasteiger partial charge in [0.2, 0.25) is 0 Å². The molecular weight excluding hydrogens is 694 g/mol. The smallest absolute Gasteiger partial charge is 0.282 e. The van der Waals surface area contributed by atoms with Crippen molar-refractivity contribution < 1.29 is 66.6 Å². The number of benzene rings is 1. The standard InChI is InChI=1S/C32H55N5O15/c1-41-6-7-43-10-11-45-14-15-47-18-19-49-22-23-51-26-27-52-25-24-50-21-20-48-17-16-46-13-12-44-9-8-42-5-4-34-32(38)30-28-29(35-36-33)2-3-31(30)37(39)40/h2-3,28H,4-27H2,1H3,(H,34,38). The molecule has 0 bridgehead atoms. The Morgan fingerprint density at radius 1 is 0.615 bits per heavy atom. The number of hydrogen-bond donors (Lipinski definition) is 1. The van der Waals surface area contributed by atoms with Crippen LogP contribution in [0.25, 0.3) is 10.4 Å². The Morgan fingerprint density at radius 2 is 0.942 bits per heavy atom. The van der Waals surface area contributed by atoms with Crippen molar-refractivity contribution in [3.8, 4) is 0 Å². The topological polar surface area (TPSA) is 232 Å². The van der Waals surface area contributed by atoms with Gasteiger partial charge in [0.25, 0.3) is 11.6 Å². The average Bonchev–Trinajstić information content (AvgIpc) is 3.14. The van der Waals surface area contributed by atoms with Gasteiger partial charge in [-0.1, -0.05) is 5.11 Å². The molecular formula is C32H55N5O15. The van der Waals surface area contributed by atoms with Gasteiger partial charge in [0.15, 0.2) is 0 Å². The first-order chi connectivity index (χ1) is 25.6. The molecule has 0 saturated heterocycles. The lowest BCUT2D eigenvalue weighted by molar-refractivity contribution is -0.385. The predicted octanol–water partition coefficient (Wildman–Crippen LogP) is 2.10. The van der Waals surface area contributed by atoms with E-state index in [1.54, 1.807) is 7.11 Å². The van der Waals surface area contributed by atoms with Gasteiger partial charge < -0.3 is 62.2 Å². The van der Waals surface area contributed by atoms with E-state index in [0.717, 1.165) is 12.1 Å². The lowest BCUT2D eigenvalue weighted by Crippen LogP contribution is -2.28. The van der Waals surface area contributed by atoms with E-state index in [2.05, 4.69) is 15.3 Å². The summed E-state index contributed by atoms with van der Waals surface area (Å²) in [5, 5.41) is 17.1. The number of carbonyl (C=O) groups excluding carboxylic acids is 1. The van der Waals surface area contributed by atoms with E-state index in [-0.39, 0.29) is 24.4 Å². The van der Waals surface area contributed by atoms with Crippen LogP contribution in [0.5, 0.6) is 0 Å². The summed E-state index contributed by atoms with van der Waals surface area (Å²) in [6, 6.07) is 3.53. The number of hydrogen-bond acceptors (Lipinski definition) is 16. The van der Waals surface area contributed by atoms with Crippen molar-refractivity contribution in [2.45, 2.75) is 0 Å². The third kappa shape index (κ3) is 28.5. The van der Waals surface area contributed by atoms with Gasteiger partial charge >= 0.3 is 0 Å². The van der Waals surface area contributed by atoms with Gasteiger partial charge in [-0.05, 0) is 17.7 Å². The SMILES string of the molecule is COCCOCCOCCOCCOCCOCCOCCOCCOCCOCCOCCOCCNC(=O)c1cc(N=[N+]=[N-])ccc1[N+](=O)[O-]. The summed E-state index contributed by atoms with van der Waals surface area (Å²) in [7, 11) is 1.64. The summed E-state index contributed by atoms with van der Waals surface area (Å²) < 4.78 is 64.5. The fourth-order valence-electron chi connectivity index (χ4n) is 3.75. The Labute approximate surface area is 304 Å². The van der Waals surface area contributed by atoms with E-state index < -0.39 is 16.5 Å². The average molecular weight is 750 g/mol. The minimum Gasteiger partial charge on any atom is -0.382 e. The second-order valence-corrected chi connectivity index (χ2v) is 10.1. The molecule has 20 nitrogen and oxygen atoms in total. The molecule has 0 heterocycles. The summed E-state index contributed by atoms with van der Waals surface area (Å²) in [6.07, 6.45) is 0. The van der Waals surface area contributed by atoms with Crippen molar-refractivity contribution >= 4 is 17.3 Å². The molecule has 0 radical (unpaired) electrons. The number of nitrogens with one attached hydrogen (secondary N) is 1. The lowest BCUT2D eigenvalue weighted by Gasteiger charge is -2.09. The van der Waals surface area contributed by atoms with Crippen molar-refractivity contribution in [1.82, 2.24) is 5.32 Å². The monoisotopic (exact) mass is 749 g/mol. The highest BCUT2D eigenvalue weighted by Crippen LogP contribution is 2.24. The minimum atomic E-state index is -0.683. The molecule has 1 aromatic rings. The fraction of sp³-hybridized carbons (Fsp3) is 0.781. The molecule has 0 unspecified atom stereocenters. The predicted molar refractivity (Wildman–Crippen MR) is 185 cm³/mol. The van der Waals surface area contributed by atoms with Crippen molar-refractivity contribution in [3.63, 3.8) is 0 Å². The van der Waals surface area contributed by atoms with E-state index in [4.69, 9.17) is 62.4 Å². The van der Waals surface area contributed by atoms with Gasteiger partial charge in [0.1, 0.15) is 5.56 Å². The van der Waals surface area contributed by atoms with Gasteiger partial charge in [-0.15, -0.1) is 0 Å². The molecule has 298 valence electrons. The quantitative estimate of drug-likeness (QED) is 0.0254. The van der Waals surface area contributed by atoms with E-state index in [9.17, 15) is 14.9 Å². The molecule has 0 aromatic heterocycles. The minimum absolute atomic E-state index is 0.0952. The Bertz CT molecular complexity index is 1070. The molecule has 1 N–H and O–H groups in total. The molecule has 52 heavy (non-hydrogen) atoms. The van der Waals surface area contributed by atoms with Gasteiger partial charge in [0, 0.05) is 30.3 Å². The van der Waals surface area contributed by atoms with Crippen LogP contribution in [0.3, 0.4) is 0 Å². The number of amides is 1. The normalized spacial score (nSPS) is 11.1. The summed E-state index contributed by atoms with van der Waals surface area (Å²) in [5.74, 6) is -0.675. The highest BCUT2D eigenvalue weighted by Gasteiger charge is 2.20. The molecule has 0 fully saturated rings. The number of carbonyl (C=O) groups is 1. The van der Waals surface area contributed by atoms with E-state index in [1.165, 1.54) is 6.07 Å². The summed E-state index contributed by atoms with van der Waals surface area (Å²) in [5.41, 5.74) is 8.03. The molecule has 0 spiro atoms. The zero-order chi connectivity index (χ0) is 37.6. The van der Waals surface area contributed by atoms with Crippen LogP contribution >= 0.6 is 0 Å². The van der Waals surface area contributed by atoms with Crippen molar-refractivity contribution in [2.75, 3.05) is 166 Å². The van der Waals surface area contributed by atoms with Crippen molar-refractivity contribution in [3.05, 3.63) is 44.3 Å². The molecule has 0 atom stereocenters. The van der Waals surface area contributed by atoms with Gasteiger partial charge in [-0.2, -0.15) is 0 Å². The van der Waals surface area contributed by atoms with Gasteiger partial charge in [0.05, 0.1) is 157 Å².